The number of azo groups is 1. The fourth-order valence-corrected chi connectivity index (χ4v) is 3.52. The van der Waals surface area contributed by atoms with E-state index in [-0.39, 0.29) is 0 Å². The van der Waals surface area contributed by atoms with Gasteiger partial charge < -0.3 is 0 Å². The molecule has 28 heavy (non-hydrogen) atoms. The monoisotopic (exact) mass is 402 g/mol. The van der Waals surface area contributed by atoms with Crippen LogP contribution in [0.2, 0.25) is 0 Å². The Morgan fingerprint density at radius 2 is 1.29 bits per heavy atom. The molecule has 0 amide bonds. The summed E-state index contributed by atoms with van der Waals surface area (Å²) >= 11 is 0. The van der Waals surface area contributed by atoms with Gasteiger partial charge in [0.05, 0.1) is 33.5 Å². The van der Waals surface area contributed by atoms with Crippen LogP contribution in [0.4, 0.5) is 24.5 Å². The molecule has 0 aliphatic carbocycles. The van der Waals surface area contributed by atoms with E-state index in [9.17, 15) is 17.4 Å². The van der Waals surface area contributed by atoms with E-state index in [0.717, 1.165) is 28.2 Å². The highest BCUT2D eigenvalue weighted by Crippen LogP contribution is 2.30. The summed E-state index contributed by atoms with van der Waals surface area (Å²) in [6, 6.07) is 19.1. The molecule has 0 radical (unpaired) electrons. The number of alkyl halides is 3. The Labute approximate surface area is 163 Å². The lowest BCUT2D eigenvalue weighted by Crippen LogP contribution is -2.03. The van der Waals surface area contributed by atoms with E-state index in [4.69, 9.17) is 0 Å². The number of aryl methyl sites for hydroxylation is 1. The SMILES string of the molecule is Cc1ccc(S(=O)Cc2ccc(N=Nc3ccc(C(F)(F)F)cc3)cc2)cc1. The minimum Gasteiger partial charge on any atom is -0.254 e. The Bertz CT molecular complexity index is 980. The van der Waals surface area contributed by atoms with E-state index < -0.39 is 22.5 Å². The highest BCUT2D eigenvalue weighted by Gasteiger charge is 2.29. The van der Waals surface area contributed by atoms with E-state index >= 15 is 0 Å². The zero-order valence-electron chi connectivity index (χ0n) is 15.0. The molecule has 0 aromatic heterocycles. The Morgan fingerprint density at radius 1 is 0.786 bits per heavy atom. The number of hydrogen-bond donors (Lipinski definition) is 0. The van der Waals surface area contributed by atoms with E-state index in [1.807, 2.05) is 43.3 Å². The van der Waals surface area contributed by atoms with Crippen molar-refractivity contribution >= 4 is 22.2 Å². The summed E-state index contributed by atoms with van der Waals surface area (Å²) in [6.45, 7) is 1.98. The maximum absolute atomic E-state index is 12.5. The van der Waals surface area contributed by atoms with Crippen LogP contribution in [0.5, 0.6) is 0 Å². The normalized spacial score (nSPS) is 13.0. The molecule has 3 rings (SSSR count). The molecule has 0 bridgehead atoms. The molecular weight excluding hydrogens is 385 g/mol. The van der Waals surface area contributed by atoms with Crippen LogP contribution >= 0.6 is 0 Å². The number of halogens is 3. The molecule has 0 saturated heterocycles. The van der Waals surface area contributed by atoms with Crippen molar-refractivity contribution in [3.8, 4) is 0 Å². The maximum atomic E-state index is 12.5. The predicted molar refractivity (Wildman–Crippen MR) is 103 cm³/mol. The third kappa shape index (κ3) is 5.36. The molecule has 1 atom stereocenters. The van der Waals surface area contributed by atoms with Gasteiger partial charge in [-0.25, -0.2) is 0 Å². The summed E-state index contributed by atoms with van der Waals surface area (Å²) in [5.41, 5.74) is 2.18. The van der Waals surface area contributed by atoms with E-state index in [0.29, 0.717) is 17.1 Å². The van der Waals surface area contributed by atoms with Crippen molar-refractivity contribution in [2.45, 2.75) is 23.7 Å². The fraction of sp³-hybridized carbons (Fsp3) is 0.143. The minimum absolute atomic E-state index is 0.331. The first-order valence-electron chi connectivity index (χ1n) is 8.44. The van der Waals surface area contributed by atoms with Crippen molar-refractivity contribution in [2.75, 3.05) is 0 Å². The van der Waals surface area contributed by atoms with Gasteiger partial charge >= 0.3 is 6.18 Å². The number of hydrogen-bond acceptors (Lipinski definition) is 3. The van der Waals surface area contributed by atoms with Crippen LogP contribution in [0.25, 0.3) is 0 Å². The Balaban J connectivity index is 1.63. The van der Waals surface area contributed by atoms with Gasteiger partial charge in [0.1, 0.15) is 0 Å². The average Bonchev–Trinajstić information content (AvgIpc) is 2.67. The van der Waals surface area contributed by atoms with Crippen LogP contribution in [0.15, 0.2) is 87.9 Å². The molecule has 3 aromatic carbocycles. The van der Waals surface area contributed by atoms with Crippen LogP contribution in [-0.2, 0) is 22.7 Å². The molecule has 3 nitrogen and oxygen atoms in total. The number of nitrogens with zero attached hydrogens (tertiary/aromatic N) is 2. The molecule has 0 heterocycles. The zero-order chi connectivity index (χ0) is 20.1. The van der Waals surface area contributed by atoms with Crippen molar-refractivity contribution < 1.29 is 17.4 Å². The Kier molecular flexibility index (Phi) is 6.04. The summed E-state index contributed by atoms with van der Waals surface area (Å²) < 4.78 is 50.1. The molecule has 7 heteroatoms. The third-order valence-corrected chi connectivity index (χ3v) is 5.39. The van der Waals surface area contributed by atoms with Gasteiger partial charge in [0.15, 0.2) is 0 Å². The van der Waals surface area contributed by atoms with Crippen molar-refractivity contribution in [2.24, 2.45) is 10.2 Å². The second kappa shape index (κ2) is 8.48. The van der Waals surface area contributed by atoms with Gasteiger partial charge in [-0.2, -0.15) is 23.4 Å². The molecule has 0 saturated carbocycles. The first-order valence-corrected chi connectivity index (χ1v) is 9.76. The topological polar surface area (TPSA) is 41.8 Å². The van der Waals surface area contributed by atoms with Gasteiger partial charge in [0, 0.05) is 4.90 Å². The Morgan fingerprint density at radius 3 is 1.79 bits per heavy atom. The van der Waals surface area contributed by atoms with Gasteiger partial charge in [-0.05, 0) is 61.0 Å². The summed E-state index contributed by atoms with van der Waals surface area (Å²) in [5.74, 6) is 0.388. The van der Waals surface area contributed by atoms with E-state index in [2.05, 4.69) is 10.2 Å². The predicted octanol–water partition coefficient (Wildman–Crippen LogP) is 6.74. The molecule has 0 spiro atoms. The Hall–Kier alpha value is -2.80. The number of rotatable bonds is 5. The van der Waals surface area contributed by atoms with Gasteiger partial charge in [-0.3, -0.25) is 4.21 Å². The molecule has 144 valence electrons. The summed E-state index contributed by atoms with van der Waals surface area (Å²) in [5, 5.41) is 7.97. The molecule has 0 fully saturated rings. The highest BCUT2D eigenvalue weighted by atomic mass is 32.2. The molecule has 0 aliphatic rings. The summed E-state index contributed by atoms with van der Waals surface area (Å²) in [4.78, 5) is 0.775. The van der Waals surface area contributed by atoms with Crippen LogP contribution in [-0.4, -0.2) is 4.21 Å². The third-order valence-electron chi connectivity index (χ3n) is 3.99. The van der Waals surface area contributed by atoms with E-state index in [1.165, 1.54) is 12.1 Å². The maximum Gasteiger partial charge on any atom is 0.416 e. The lowest BCUT2D eigenvalue weighted by Gasteiger charge is -2.05. The summed E-state index contributed by atoms with van der Waals surface area (Å²) in [7, 11) is -1.14. The minimum atomic E-state index is -4.37. The molecule has 0 N–H and O–H groups in total. The smallest absolute Gasteiger partial charge is 0.254 e. The van der Waals surface area contributed by atoms with E-state index in [1.54, 1.807) is 12.1 Å². The van der Waals surface area contributed by atoms with Gasteiger partial charge in [0.25, 0.3) is 0 Å². The van der Waals surface area contributed by atoms with Crippen LogP contribution < -0.4 is 0 Å². The van der Waals surface area contributed by atoms with Crippen molar-refractivity contribution in [3.05, 3.63) is 89.5 Å². The first-order chi connectivity index (χ1) is 13.3. The largest absolute Gasteiger partial charge is 0.416 e. The second-order valence-corrected chi connectivity index (χ2v) is 7.67. The van der Waals surface area contributed by atoms with Crippen LogP contribution in [0.1, 0.15) is 16.7 Å². The molecule has 0 aliphatic heterocycles. The quantitative estimate of drug-likeness (QED) is 0.436. The lowest BCUT2D eigenvalue weighted by atomic mass is 10.2. The van der Waals surface area contributed by atoms with Crippen molar-refractivity contribution in [1.82, 2.24) is 0 Å². The van der Waals surface area contributed by atoms with Crippen LogP contribution in [0.3, 0.4) is 0 Å². The first kappa shape index (κ1) is 19.9. The zero-order valence-corrected chi connectivity index (χ0v) is 15.8. The summed E-state index contributed by atoms with van der Waals surface area (Å²) in [6.07, 6.45) is -4.37. The fourth-order valence-electron chi connectivity index (χ4n) is 2.42. The molecule has 1 unspecified atom stereocenters. The molecule has 3 aromatic rings. The van der Waals surface area contributed by atoms with Crippen molar-refractivity contribution in [1.29, 1.82) is 0 Å². The standard InChI is InChI=1S/C21H17F3N2OS/c1-15-2-12-20(13-3-15)28(27)14-16-4-8-18(9-5-16)25-26-19-10-6-17(7-11-19)21(22,23)24/h2-13H,14H2,1H3. The van der Waals surface area contributed by atoms with Crippen molar-refractivity contribution in [3.63, 3.8) is 0 Å². The van der Waals surface area contributed by atoms with Crippen LogP contribution in [0, 0.1) is 6.92 Å². The number of benzene rings is 3. The van der Waals surface area contributed by atoms with Gasteiger partial charge in [-0.15, -0.1) is 0 Å². The average molecular weight is 402 g/mol. The van der Waals surface area contributed by atoms with Gasteiger partial charge in [0.2, 0.25) is 0 Å². The second-order valence-electron chi connectivity index (χ2n) is 6.21. The lowest BCUT2D eigenvalue weighted by molar-refractivity contribution is -0.137. The molecular formula is C21H17F3N2OS. The highest BCUT2D eigenvalue weighted by molar-refractivity contribution is 7.84. The van der Waals surface area contributed by atoms with Gasteiger partial charge in [-0.1, -0.05) is 29.8 Å².